The van der Waals surface area contributed by atoms with Crippen molar-refractivity contribution in [1.82, 2.24) is 5.32 Å². The molecule has 1 heterocycles. The van der Waals surface area contributed by atoms with E-state index in [0.717, 1.165) is 0 Å². The number of aliphatic hydroxyl groups excluding tert-OH is 7. The Morgan fingerprint density at radius 2 is 1.64 bits per heavy atom. The molecule has 2 rings (SSSR count). The van der Waals surface area contributed by atoms with Gasteiger partial charge in [-0.2, -0.15) is 0 Å². The van der Waals surface area contributed by atoms with Gasteiger partial charge in [0.1, 0.15) is 30.5 Å². The predicted molar refractivity (Wildman–Crippen MR) is 72.5 cm³/mol. The van der Waals surface area contributed by atoms with Crippen LogP contribution < -0.4 is 5.32 Å². The van der Waals surface area contributed by atoms with Crippen molar-refractivity contribution in [3.05, 3.63) is 11.6 Å². The van der Waals surface area contributed by atoms with Gasteiger partial charge in [0, 0.05) is 0 Å². The first-order valence-corrected chi connectivity index (χ1v) is 7.09. The lowest BCUT2D eigenvalue weighted by Crippen LogP contribution is -2.66. The van der Waals surface area contributed by atoms with Crippen LogP contribution >= 0.6 is 0 Å². The molecule has 2 aliphatic rings. The van der Waals surface area contributed by atoms with Crippen LogP contribution in [0, 0.1) is 0 Å². The maximum Gasteiger partial charge on any atom is 0.183 e. The fourth-order valence-electron chi connectivity index (χ4n) is 2.84. The first kappa shape index (κ1) is 17.7. The minimum absolute atomic E-state index is 0.134. The number of hydrogen-bond donors (Lipinski definition) is 8. The van der Waals surface area contributed by atoms with Crippen LogP contribution in [0.2, 0.25) is 0 Å². The molecule has 8 N–H and O–H groups in total. The standard InChI is InChI=1S/C13H23NO8/c1-4-7(10(18)12(20)13(21)22-4)14-6-2-5(3-15)8(16)11(19)9(6)17/h2,4,6-21H,3H2,1H3/t4?,6-,7-,8+,9-,10-,11-,12?,13?/m0/s1. The number of hydrogen-bond acceptors (Lipinski definition) is 9. The van der Waals surface area contributed by atoms with Crippen LogP contribution in [0.15, 0.2) is 11.6 Å². The maximum atomic E-state index is 10.0. The normalized spacial score (nSPS) is 49.8. The van der Waals surface area contributed by atoms with Crippen LogP contribution in [0.1, 0.15) is 6.92 Å². The van der Waals surface area contributed by atoms with Gasteiger partial charge in [0.2, 0.25) is 0 Å². The molecule has 1 aliphatic heterocycles. The second-order valence-corrected chi connectivity index (χ2v) is 5.76. The fraction of sp³-hybridized carbons (Fsp3) is 0.846. The highest BCUT2D eigenvalue weighted by Crippen LogP contribution is 2.24. The van der Waals surface area contributed by atoms with Gasteiger partial charge in [-0.1, -0.05) is 6.08 Å². The average molecular weight is 321 g/mol. The van der Waals surface area contributed by atoms with Crippen molar-refractivity contribution >= 4 is 0 Å². The Labute approximate surface area is 127 Å². The SMILES string of the molecule is CC1OC(O)C(O)[C@@H](O)[C@H]1N[C@H]1C=C(CO)[C@@H](O)[C@H](O)[C@H]1O. The number of aliphatic hydroxyl groups is 7. The van der Waals surface area contributed by atoms with Crippen LogP contribution in [0.25, 0.3) is 0 Å². The summed E-state index contributed by atoms with van der Waals surface area (Å²) in [7, 11) is 0. The lowest BCUT2D eigenvalue weighted by molar-refractivity contribution is -0.254. The first-order valence-electron chi connectivity index (χ1n) is 7.09. The average Bonchev–Trinajstić information content (AvgIpc) is 2.49. The zero-order chi connectivity index (χ0) is 16.6. The Morgan fingerprint density at radius 1 is 1.00 bits per heavy atom. The molecular weight excluding hydrogens is 298 g/mol. The maximum absolute atomic E-state index is 10.0. The Hall–Kier alpha value is -0.620. The van der Waals surface area contributed by atoms with E-state index in [0.29, 0.717) is 0 Å². The fourth-order valence-corrected chi connectivity index (χ4v) is 2.84. The quantitative estimate of drug-likeness (QED) is 0.241. The van der Waals surface area contributed by atoms with Gasteiger partial charge < -0.3 is 45.8 Å². The van der Waals surface area contributed by atoms with Gasteiger partial charge in [0.15, 0.2) is 6.29 Å². The summed E-state index contributed by atoms with van der Waals surface area (Å²) in [6.07, 6.45) is -7.99. The molecule has 3 unspecified atom stereocenters. The molecule has 0 bridgehead atoms. The molecule has 0 aromatic rings. The molecule has 0 aromatic carbocycles. The largest absolute Gasteiger partial charge is 0.392 e. The van der Waals surface area contributed by atoms with Gasteiger partial charge in [0.05, 0.1) is 24.8 Å². The summed E-state index contributed by atoms with van der Waals surface area (Å²) in [4.78, 5) is 0. The molecule has 1 aliphatic carbocycles. The number of rotatable bonds is 3. The molecule has 9 atom stereocenters. The van der Waals surface area contributed by atoms with Crippen LogP contribution in [-0.4, -0.2) is 97.4 Å². The molecule has 9 heteroatoms. The van der Waals surface area contributed by atoms with Gasteiger partial charge >= 0.3 is 0 Å². The van der Waals surface area contributed by atoms with Crippen molar-refractivity contribution in [2.45, 2.75) is 61.9 Å². The van der Waals surface area contributed by atoms with Crippen LogP contribution in [0.5, 0.6) is 0 Å². The number of ether oxygens (including phenoxy) is 1. The van der Waals surface area contributed by atoms with E-state index < -0.39 is 61.6 Å². The monoisotopic (exact) mass is 321 g/mol. The van der Waals surface area contributed by atoms with Crippen molar-refractivity contribution in [3.63, 3.8) is 0 Å². The third kappa shape index (κ3) is 3.18. The Bertz CT molecular complexity index is 419. The van der Waals surface area contributed by atoms with E-state index in [1.165, 1.54) is 6.08 Å². The summed E-state index contributed by atoms with van der Waals surface area (Å²) in [6.45, 7) is 1.07. The molecule has 0 saturated carbocycles. The third-order valence-electron chi connectivity index (χ3n) is 4.25. The van der Waals surface area contributed by atoms with E-state index in [1.807, 2.05) is 0 Å². The summed E-state index contributed by atoms with van der Waals surface area (Å²) in [6, 6.07) is -1.72. The summed E-state index contributed by atoms with van der Waals surface area (Å²) >= 11 is 0. The summed E-state index contributed by atoms with van der Waals surface area (Å²) in [5.41, 5.74) is 0.134. The van der Waals surface area contributed by atoms with Crippen LogP contribution in [-0.2, 0) is 4.74 Å². The van der Waals surface area contributed by atoms with Crippen molar-refractivity contribution in [3.8, 4) is 0 Å². The van der Waals surface area contributed by atoms with E-state index in [9.17, 15) is 35.7 Å². The van der Waals surface area contributed by atoms with Gasteiger partial charge in [-0.25, -0.2) is 0 Å². The molecule has 0 aromatic heterocycles. The lowest BCUT2D eigenvalue weighted by atomic mass is 9.86. The van der Waals surface area contributed by atoms with Crippen molar-refractivity contribution in [2.75, 3.05) is 6.61 Å². The molecule has 9 nitrogen and oxygen atoms in total. The van der Waals surface area contributed by atoms with E-state index in [2.05, 4.69) is 5.32 Å². The van der Waals surface area contributed by atoms with Crippen molar-refractivity contribution in [1.29, 1.82) is 0 Å². The second-order valence-electron chi connectivity index (χ2n) is 5.76. The first-order chi connectivity index (χ1) is 10.3. The highest BCUT2D eigenvalue weighted by molar-refractivity contribution is 5.22. The second kappa shape index (κ2) is 6.87. The molecular formula is C13H23NO8. The molecule has 22 heavy (non-hydrogen) atoms. The molecule has 128 valence electrons. The summed E-state index contributed by atoms with van der Waals surface area (Å²) in [5.74, 6) is 0. The highest BCUT2D eigenvalue weighted by atomic mass is 16.6. The molecule has 1 fully saturated rings. The zero-order valence-electron chi connectivity index (χ0n) is 12.0. The molecule has 0 radical (unpaired) electrons. The van der Waals surface area contributed by atoms with E-state index in [1.54, 1.807) is 6.92 Å². The lowest BCUT2D eigenvalue weighted by Gasteiger charge is -2.43. The third-order valence-corrected chi connectivity index (χ3v) is 4.25. The topological polar surface area (TPSA) is 163 Å². The minimum atomic E-state index is -1.52. The Balaban J connectivity index is 2.16. The van der Waals surface area contributed by atoms with Gasteiger partial charge in [-0.05, 0) is 12.5 Å². The van der Waals surface area contributed by atoms with E-state index >= 15 is 0 Å². The molecule has 0 spiro atoms. The summed E-state index contributed by atoms with van der Waals surface area (Å²) in [5, 5.41) is 70.6. The highest BCUT2D eigenvalue weighted by Gasteiger charge is 2.45. The van der Waals surface area contributed by atoms with Crippen LogP contribution in [0.3, 0.4) is 0 Å². The van der Waals surface area contributed by atoms with Crippen molar-refractivity contribution in [2.24, 2.45) is 0 Å². The van der Waals surface area contributed by atoms with E-state index in [-0.39, 0.29) is 5.57 Å². The number of nitrogens with one attached hydrogen (secondary N) is 1. The molecule has 0 amide bonds. The van der Waals surface area contributed by atoms with Crippen LogP contribution in [0.4, 0.5) is 0 Å². The molecule has 1 saturated heterocycles. The smallest absolute Gasteiger partial charge is 0.183 e. The predicted octanol–water partition coefficient (Wildman–Crippen LogP) is -4.21. The minimum Gasteiger partial charge on any atom is -0.392 e. The van der Waals surface area contributed by atoms with Gasteiger partial charge in [-0.3, -0.25) is 0 Å². The van der Waals surface area contributed by atoms with Gasteiger partial charge in [0.25, 0.3) is 0 Å². The Morgan fingerprint density at radius 3 is 2.23 bits per heavy atom. The van der Waals surface area contributed by atoms with Gasteiger partial charge in [-0.15, -0.1) is 0 Å². The van der Waals surface area contributed by atoms with E-state index in [4.69, 9.17) is 4.74 Å². The Kier molecular flexibility index (Phi) is 5.54. The van der Waals surface area contributed by atoms with Crippen molar-refractivity contribution < 1.29 is 40.5 Å². The summed E-state index contributed by atoms with van der Waals surface area (Å²) < 4.78 is 5.08. The zero-order valence-corrected chi connectivity index (χ0v) is 12.0.